The Balaban J connectivity index is 2.51. The highest BCUT2D eigenvalue weighted by Gasteiger charge is 2.20. The van der Waals surface area contributed by atoms with Crippen molar-refractivity contribution in [2.45, 2.75) is 26.2 Å². The maximum Gasteiger partial charge on any atom is 0.139 e. The molecule has 1 aromatic heterocycles. The summed E-state index contributed by atoms with van der Waals surface area (Å²) in [5, 5.41) is 2.35. The van der Waals surface area contributed by atoms with Gasteiger partial charge in [-0.3, -0.25) is 0 Å². The zero-order chi connectivity index (χ0) is 12.9. The Hall–Kier alpha value is -1.28. The first-order valence-electron chi connectivity index (χ1n) is 6.09. The van der Waals surface area contributed by atoms with E-state index in [0.717, 1.165) is 15.6 Å². The molecule has 2 heteroatoms. The van der Waals surface area contributed by atoms with Crippen molar-refractivity contribution in [3.63, 3.8) is 0 Å². The van der Waals surface area contributed by atoms with Crippen LogP contribution in [0.15, 0.2) is 45.3 Å². The molecule has 1 nitrogen and oxygen atoms in total. The predicted octanol–water partition coefficient (Wildman–Crippen LogP) is 5.65. The quantitative estimate of drug-likeness (QED) is 0.523. The molecule has 0 aliphatic rings. The summed E-state index contributed by atoms with van der Waals surface area (Å²) >= 11 is 3.61. The van der Waals surface area contributed by atoms with Gasteiger partial charge in [-0.05, 0) is 17.5 Å². The summed E-state index contributed by atoms with van der Waals surface area (Å²) < 4.78 is 7.15. The summed E-state index contributed by atoms with van der Waals surface area (Å²) in [5.41, 5.74) is 3.28. The van der Waals surface area contributed by atoms with Gasteiger partial charge in [0.1, 0.15) is 11.2 Å². The van der Waals surface area contributed by atoms with E-state index in [2.05, 4.69) is 61.0 Å². The summed E-state index contributed by atoms with van der Waals surface area (Å²) in [6.07, 6.45) is 0. The lowest BCUT2D eigenvalue weighted by Crippen LogP contribution is -2.10. The van der Waals surface area contributed by atoms with E-state index in [1.165, 1.54) is 16.3 Å². The second kappa shape index (κ2) is 3.86. The molecule has 2 aromatic carbocycles. The molecule has 0 saturated heterocycles. The van der Waals surface area contributed by atoms with Crippen molar-refractivity contribution in [2.75, 3.05) is 0 Å². The van der Waals surface area contributed by atoms with E-state index in [4.69, 9.17) is 4.42 Å². The highest BCUT2D eigenvalue weighted by Crippen LogP contribution is 2.38. The number of furan rings is 1. The second-order valence-electron chi connectivity index (χ2n) is 5.65. The molecule has 0 aliphatic heterocycles. The van der Waals surface area contributed by atoms with Crippen LogP contribution in [0.2, 0.25) is 0 Å². The van der Waals surface area contributed by atoms with Crippen LogP contribution >= 0.6 is 15.9 Å². The normalized spacial score (nSPS) is 12.4. The fourth-order valence-corrected chi connectivity index (χ4v) is 2.96. The number of hydrogen-bond acceptors (Lipinski definition) is 1. The van der Waals surface area contributed by atoms with Crippen LogP contribution in [0.25, 0.3) is 21.9 Å². The molecule has 0 aliphatic carbocycles. The molecule has 0 fully saturated rings. The van der Waals surface area contributed by atoms with E-state index in [-0.39, 0.29) is 5.41 Å². The average Bonchev–Trinajstić information content (AvgIpc) is 2.66. The molecule has 0 amide bonds. The van der Waals surface area contributed by atoms with Crippen LogP contribution in [-0.4, -0.2) is 0 Å². The van der Waals surface area contributed by atoms with Gasteiger partial charge < -0.3 is 4.42 Å². The molecule has 0 radical (unpaired) electrons. The van der Waals surface area contributed by atoms with E-state index in [9.17, 15) is 0 Å². The minimum atomic E-state index is 0.0832. The van der Waals surface area contributed by atoms with Crippen molar-refractivity contribution in [1.82, 2.24) is 0 Å². The minimum Gasteiger partial charge on any atom is -0.456 e. The molecule has 0 N–H and O–H groups in total. The smallest absolute Gasteiger partial charge is 0.139 e. The monoisotopic (exact) mass is 302 g/mol. The lowest BCUT2D eigenvalue weighted by molar-refractivity contribution is 0.573. The number of fused-ring (bicyclic) bond motifs is 3. The van der Waals surface area contributed by atoms with E-state index in [1.54, 1.807) is 0 Å². The first-order chi connectivity index (χ1) is 8.48. The van der Waals surface area contributed by atoms with Crippen molar-refractivity contribution in [1.29, 1.82) is 0 Å². The standard InChI is InChI=1S/C16H15BrO/c1-16(2,3)11-7-4-6-10-14-12(17)8-5-9-13(14)18-15(10)11/h4-9H,1-3H3. The van der Waals surface area contributed by atoms with Gasteiger partial charge in [0.25, 0.3) is 0 Å². The van der Waals surface area contributed by atoms with Crippen molar-refractivity contribution in [2.24, 2.45) is 0 Å². The fourth-order valence-electron chi connectivity index (χ4n) is 2.40. The minimum absolute atomic E-state index is 0.0832. The maximum atomic E-state index is 6.06. The first-order valence-corrected chi connectivity index (χ1v) is 6.88. The van der Waals surface area contributed by atoms with E-state index >= 15 is 0 Å². The van der Waals surface area contributed by atoms with Gasteiger partial charge in [0, 0.05) is 20.8 Å². The van der Waals surface area contributed by atoms with E-state index in [0.29, 0.717) is 0 Å². The molecule has 92 valence electrons. The summed E-state index contributed by atoms with van der Waals surface area (Å²) in [6, 6.07) is 12.5. The zero-order valence-corrected chi connectivity index (χ0v) is 12.3. The van der Waals surface area contributed by atoms with Gasteiger partial charge >= 0.3 is 0 Å². The Bertz CT molecular complexity index is 732. The van der Waals surface area contributed by atoms with Gasteiger partial charge in [0.2, 0.25) is 0 Å². The number of halogens is 1. The molecule has 0 spiro atoms. The number of rotatable bonds is 0. The van der Waals surface area contributed by atoms with Crippen molar-refractivity contribution in [3.05, 3.63) is 46.4 Å². The highest BCUT2D eigenvalue weighted by molar-refractivity contribution is 9.10. The summed E-state index contributed by atoms with van der Waals surface area (Å²) in [4.78, 5) is 0. The van der Waals surface area contributed by atoms with Gasteiger partial charge in [0.15, 0.2) is 0 Å². The van der Waals surface area contributed by atoms with Crippen molar-refractivity contribution < 1.29 is 4.42 Å². The average molecular weight is 303 g/mol. The predicted molar refractivity (Wildman–Crippen MR) is 80.1 cm³/mol. The van der Waals surface area contributed by atoms with Crippen LogP contribution in [0.5, 0.6) is 0 Å². The topological polar surface area (TPSA) is 13.1 Å². The molecular formula is C16H15BrO. The van der Waals surface area contributed by atoms with Gasteiger partial charge in [-0.2, -0.15) is 0 Å². The Labute approximate surface area is 115 Å². The number of benzene rings is 2. The summed E-state index contributed by atoms with van der Waals surface area (Å²) in [7, 11) is 0. The van der Waals surface area contributed by atoms with Crippen LogP contribution < -0.4 is 0 Å². The molecular weight excluding hydrogens is 288 g/mol. The maximum absolute atomic E-state index is 6.06. The van der Waals surface area contributed by atoms with Crippen LogP contribution in [0.3, 0.4) is 0 Å². The van der Waals surface area contributed by atoms with Crippen LogP contribution in [0.1, 0.15) is 26.3 Å². The lowest BCUT2D eigenvalue weighted by Gasteiger charge is -2.18. The molecule has 1 heterocycles. The van der Waals surface area contributed by atoms with Gasteiger partial charge in [-0.1, -0.05) is 61.0 Å². The Kier molecular flexibility index (Phi) is 2.53. The van der Waals surface area contributed by atoms with Gasteiger partial charge in [-0.15, -0.1) is 0 Å². The second-order valence-corrected chi connectivity index (χ2v) is 6.50. The third-order valence-corrected chi connectivity index (χ3v) is 3.94. The molecule has 0 bridgehead atoms. The Morgan fingerprint density at radius 1 is 1.00 bits per heavy atom. The van der Waals surface area contributed by atoms with Crippen LogP contribution in [-0.2, 0) is 5.41 Å². The lowest BCUT2D eigenvalue weighted by atomic mass is 9.86. The number of para-hydroxylation sites is 1. The Morgan fingerprint density at radius 3 is 2.44 bits per heavy atom. The molecule has 0 unspecified atom stereocenters. The van der Waals surface area contributed by atoms with Gasteiger partial charge in [0.05, 0.1) is 0 Å². The highest BCUT2D eigenvalue weighted by atomic mass is 79.9. The molecule has 3 rings (SSSR count). The fraction of sp³-hybridized carbons (Fsp3) is 0.250. The molecule has 18 heavy (non-hydrogen) atoms. The van der Waals surface area contributed by atoms with E-state index in [1.807, 2.05) is 12.1 Å². The van der Waals surface area contributed by atoms with Crippen molar-refractivity contribution >= 4 is 37.9 Å². The molecule has 0 atom stereocenters. The number of hydrogen-bond donors (Lipinski definition) is 0. The summed E-state index contributed by atoms with van der Waals surface area (Å²) in [5.74, 6) is 0. The third-order valence-electron chi connectivity index (χ3n) is 3.28. The zero-order valence-electron chi connectivity index (χ0n) is 10.8. The first kappa shape index (κ1) is 11.8. The Morgan fingerprint density at radius 2 is 1.72 bits per heavy atom. The SMILES string of the molecule is CC(C)(C)c1cccc2c1oc1cccc(Br)c12. The van der Waals surface area contributed by atoms with Crippen LogP contribution in [0, 0.1) is 0 Å². The largest absolute Gasteiger partial charge is 0.456 e. The summed E-state index contributed by atoms with van der Waals surface area (Å²) in [6.45, 7) is 6.64. The van der Waals surface area contributed by atoms with Gasteiger partial charge in [-0.25, -0.2) is 0 Å². The third kappa shape index (κ3) is 1.67. The van der Waals surface area contributed by atoms with Crippen molar-refractivity contribution in [3.8, 4) is 0 Å². The molecule has 0 saturated carbocycles. The van der Waals surface area contributed by atoms with E-state index < -0.39 is 0 Å². The molecule has 3 aromatic rings. The van der Waals surface area contributed by atoms with Crippen LogP contribution in [0.4, 0.5) is 0 Å².